The first kappa shape index (κ1) is 30.6. The second kappa shape index (κ2) is 16.2. The number of amides is 2. The van der Waals surface area contributed by atoms with Crippen LogP contribution in [0.15, 0.2) is 24.3 Å². The van der Waals surface area contributed by atoms with Crippen molar-refractivity contribution >= 4 is 34.6 Å². The molecular weight excluding hydrogens is 492 g/mol. The molecule has 8 heteroatoms. The molecule has 0 atom stereocenters. The predicted octanol–water partition coefficient (Wildman–Crippen LogP) is 8.30. The Morgan fingerprint density at radius 3 is 1.81 bits per heavy atom. The van der Waals surface area contributed by atoms with Crippen LogP contribution >= 0.6 is 11.6 Å². The topological polar surface area (TPSA) is 68.3 Å². The van der Waals surface area contributed by atoms with Crippen LogP contribution in [0.25, 0.3) is 10.8 Å². The van der Waals surface area contributed by atoms with Gasteiger partial charge < -0.3 is 24.0 Å². The zero-order valence-electron chi connectivity index (χ0n) is 23.1. The predicted molar refractivity (Wildman–Crippen MR) is 150 cm³/mol. The van der Waals surface area contributed by atoms with Crippen LogP contribution in [0.2, 0.25) is 5.02 Å². The van der Waals surface area contributed by atoms with Crippen molar-refractivity contribution in [1.29, 1.82) is 0 Å². The molecule has 0 aliphatic carbocycles. The maximum atomic E-state index is 13.1. The number of hydrogen-bond donors (Lipinski definition) is 0. The molecule has 2 aromatic rings. The Hall–Kier alpha value is -2.67. The molecule has 0 bridgehead atoms. The van der Waals surface area contributed by atoms with Crippen LogP contribution in [0.3, 0.4) is 0 Å². The van der Waals surface area contributed by atoms with Gasteiger partial charge in [-0.05, 0) is 44.9 Å². The number of ether oxygens (including phenoxy) is 3. The van der Waals surface area contributed by atoms with Crippen LogP contribution in [-0.2, 0) is 0 Å². The number of carbonyl (C=O) groups excluding carboxylic acids is 2. The summed E-state index contributed by atoms with van der Waals surface area (Å²) in [5.41, 5.74) is 0. The Morgan fingerprint density at radius 1 is 0.730 bits per heavy atom. The Labute approximate surface area is 227 Å². The molecule has 0 fully saturated rings. The van der Waals surface area contributed by atoms with Crippen LogP contribution in [0.5, 0.6) is 17.2 Å². The molecule has 0 radical (unpaired) electrons. The number of nitrogens with zero attached hydrogens (tertiary/aromatic N) is 2. The van der Waals surface area contributed by atoms with Gasteiger partial charge in [0.15, 0.2) is 11.5 Å². The van der Waals surface area contributed by atoms with Gasteiger partial charge in [0.05, 0.1) is 7.11 Å². The Bertz CT molecular complexity index is 1010. The molecule has 0 heterocycles. The average molecular weight is 535 g/mol. The number of hydrogen-bond acceptors (Lipinski definition) is 5. The second-order valence-corrected chi connectivity index (χ2v) is 9.55. The van der Waals surface area contributed by atoms with Gasteiger partial charge in [-0.15, -0.1) is 0 Å². The minimum atomic E-state index is -0.442. The van der Waals surface area contributed by atoms with Gasteiger partial charge in [0.25, 0.3) is 0 Å². The molecule has 0 saturated heterocycles. The van der Waals surface area contributed by atoms with Crippen molar-refractivity contribution in [2.75, 3.05) is 33.3 Å². The minimum Gasteiger partial charge on any atom is -0.493 e. The number of benzene rings is 2. The third-order valence-electron chi connectivity index (χ3n) is 6.43. The lowest BCUT2D eigenvalue weighted by atomic mass is 10.1. The van der Waals surface area contributed by atoms with Gasteiger partial charge in [-0.1, -0.05) is 64.0 Å². The summed E-state index contributed by atoms with van der Waals surface area (Å²) in [5, 5.41) is 1.62. The second-order valence-electron chi connectivity index (χ2n) is 9.11. The summed E-state index contributed by atoms with van der Waals surface area (Å²) in [6, 6.07) is 6.75. The molecule has 37 heavy (non-hydrogen) atoms. The monoisotopic (exact) mass is 534 g/mol. The molecule has 0 N–H and O–H groups in total. The largest absolute Gasteiger partial charge is 0.493 e. The van der Waals surface area contributed by atoms with E-state index in [9.17, 15) is 9.59 Å². The van der Waals surface area contributed by atoms with Gasteiger partial charge in [0, 0.05) is 48.0 Å². The quantitative estimate of drug-likeness (QED) is 0.215. The van der Waals surface area contributed by atoms with Gasteiger partial charge in [0.2, 0.25) is 0 Å². The highest BCUT2D eigenvalue weighted by Gasteiger charge is 2.23. The summed E-state index contributed by atoms with van der Waals surface area (Å²) in [5.74, 6) is 0.884. The average Bonchev–Trinajstić information content (AvgIpc) is 2.89. The van der Waals surface area contributed by atoms with Crippen LogP contribution in [0, 0.1) is 0 Å². The van der Waals surface area contributed by atoms with Gasteiger partial charge in [-0.2, -0.15) is 0 Å². The number of methoxy groups -OCH3 is 1. The van der Waals surface area contributed by atoms with Crippen molar-refractivity contribution in [3.8, 4) is 17.2 Å². The zero-order chi connectivity index (χ0) is 27.2. The summed E-state index contributed by atoms with van der Waals surface area (Å²) in [6.07, 6.45) is 7.65. The fraction of sp³-hybridized carbons (Fsp3) is 0.586. The zero-order valence-corrected chi connectivity index (χ0v) is 23.9. The molecule has 0 aliphatic rings. The minimum absolute atomic E-state index is 0.276. The highest BCUT2D eigenvalue weighted by atomic mass is 35.5. The standard InChI is InChI=1S/C29H43ClN2O5/c1-6-10-12-14-18-31(8-3)28(33)36-25-21-26(35-5)27(23-17-16-22(30)20-24(23)25)37-29(34)32(9-4)19-15-13-11-7-2/h16-17,20-21H,6-15,18-19H2,1-5H3. The van der Waals surface area contributed by atoms with Crippen LogP contribution in [0.4, 0.5) is 9.59 Å². The van der Waals surface area contributed by atoms with Crippen LogP contribution in [0.1, 0.15) is 79.1 Å². The molecule has 2 aromatic carbocycles. The highest BCUT2D eigenvalue weighted by Crippen LogP contribution is 2.43. The van der Waals surface area contributed by atoms with Crippen molar-refractivity contribution in [2.24, 2.45) is 0 Å². The first-order chi connectivity index (χ1) is 17.9. The van der Waals surface area contributed by atoms with E-state index in [4.69, 9.17) is 25.8 Å². The lowest BCUT2D eigenvalue weighted by molar-refractivity contribution is 0.151. The van der Waals surface area contributed by atoms with E-state index >= 15 is 0 Å². The van der Waals surface area contributed by atoms with Gasteiger partial charge in [-0.25, -0.2) is 9.59 Å². The molecule has 0 spiro atoms. The molecule has 7 nitrogen and oxygen atoms in total. The highest BCUT2D eigenvalue weighted by molar-refractivity contribution is 6.31. The lowest BCUT2D eigenvalue weighted by Gasteiger charge is -2.23. The summed E-state index contributed by atoms with van der Waals surface area (Å²) in [6.45, 7) is 10.5. The van der Waals surface area contributed by atoms with Gasteiger partial charge in [-0.3, -0.25) is 0 Å². The Morgan fingerprint density at radius 2 is 1.30 bits per heavy atom. The van der Waals surface area contributed by atoms with E-state index < -0.39 is 12.2 Å². The van der Waals surface area contributed by atoms with Gasteiger partial charge in [0.1, 0.15) is 5.75 Å². The number of halogens is 1. The van der Waals surface area contributed by atoms with Crippen LogP contribution < -0.4 is 14.2 Å². The van der Waals surface area contributed by atoms with E-state index in [-0.39, 0.29) is 5.75 Å². The number of rotatable bonds is 15. The first-order valence-corrected chi connectivity index (χ1v) is 14.0. The Balaban J connectivity index is 2.33. The number of carbonyl (C=O) groups is 2. The van der Waals surface area contributed by atoms with Gasteiger partial charge >= 0.3 is 12.2 Å². The molecule has 2 rings (SSSR count). The van der Waals surface area contributed by atoms with Crippen LogP contribution in [-0.4, -0.2) is 55.3 Å². The molecule has 206 valence electrons. The molecule has 0 saturated carbocycles. The first-order valence-electron chi connectivity index (χ1n) is 13.6. The van der Waals surface area contributed by atoms with E-state index in [2.05, 4.69) is 13.8 Å². The van der Waals surface area contributed by atoms with E-state index in [0.717, 1.165) is 51.4 Å². The summed E-state index contributed by atoms with van der Waals surface area (Å²) in [7, 11) is 1.49. The molecular formula is C29H43ClN2O5. The van der Waals surface area contributed by atoms with E-state index in [1.165, 1.54) is 7.11 Å². The summed E-state index contributed by atoms with van der Waals surface area (Å²) < 4.78 is 17.3. The number of fused-ring (bicyclic) bond motifs is 1. The SMILES string of the molecule is CCCCCCN(CC)C(=O)Oc1cc(OC)c(OC(=O)N(CC)CCCCCC)c2ccc(Cl)cc12. The summed E-state index contributed by atoms with van der Waals surface area (Å²) in [4.78, 5) is 29.4. The fourth-order valence-corrected chi connectivity index (χ4v) is 4.35. The molecule has 0 aliphatic heterocycles. The summed E-state index contributed by atoms with van der Waals surface area (Å²) >= 11 is 6.30. The van der Waals surface area contributed by atoms with Crippen molar-refractivity contribution in [2.45, 2.75) is 79.1 Å². The van der Waals surface area contributed by atoms with Crippen molar-refractivity contribution in [3.05, 3.63) is 29.3 Å². The number of unbranched alkanes of at least 4 members (excludes halogenated alkanes) is 6. The molecule has 0 aromatic heterocycles. The maximum absolute atomic E-state index is 13.1. The Kier molecular flexibility index (Phi) is 13.4. The third-order valence-corrected chi connectivity index (χ3v) is 6.66. The van der Waals surface area contributed by atoms with E-state index in [1.54, 1.807) is 34.1 Å². The third kappa shape index (κ3) is 8.99. The lowest BCUT2D eigenvalue weighted by Crippen LogP contribution is -2.34. The normalized spacial score (nSPS) is 10.9. The molecule has 0 unspecified atom stereocenters. The maximum Gasteiger partial charge on any atom is 0.415 e. The molecule has 2 amide bonds. The van der Waals surface area contributed by atoms with Crippen molar-refractivity contribution in [3.63, 3.8) is 0 Å². The van der Waals surface area contributed by atoms with E-state index in [0.29, 0.717) is 53.5 Å². The smallest absolute Gasteiger partial charge is 0.415 e. The fourth-order valence-electron chi connectivity index (χ4n) is 4.18. The van der Waals surface area contributed by atoms with Crippen molar-refractivity contribution in [1.82, 2.24) is 9.80 Å². The van der Waals surface area contributed by atoms with Crippen molar-refractivity contribution < 1.29 is 23.8 Å². The van der Waals surface area contributed by atoms with E-state index in [1.807, 2.05) is 13.8 Å².